The number of nitrogens with one attached hydrogen (secondary N) is 1. The zero-order valence-electron chi connectivity index (χ0n) is 13.3. The third kappa shape index (κ3) is 4.57. The molecule has 0 aliphatic carbocycles. The molecule has 10 heteroatoms. The smallest absolute Gasteiger partial charge is 0.250 e. The second-order valence-corrected chi connectivity index (χ2v) is 9.90. The van der Waals surface area contributed by atoms with Gasteiger partial charge in [-0.05, 0) is 40.2 Å². The molecule has 0 radical (unpaired) electrons. The van der Waals surface area contributed by atoms with Crippen LogP contribution in [-0.2, 0) is 14.8 Å². The van der Waals surface area contributed by atoms with Crippen molar-refractivity contribution in [1.29, 1.82) is 0 Å². The average molecular weight is 445 g/mol. The molecule has 1 N–H and O–H groups in total. The van der Waals surface area contributed by atoms with Crippen molar-refractivity contribution in [2.45, 2.75) is 4.21 Å². The van der Waals surface area contributed by atoms with Crippen LogP contribution < -0.4 is 9.62 Å². The standard InChI is InChI=1S/C15H17BrN4O3S2/c16-12-4-5-15(24-12)25(22,23)18-11-14(21)20-9-7-19(8-10-20)13-3-1-2-6-17-13/h1-6,18H,7-11H2. The highest BCUT2D eigenvalue weighted by Crippen LogP contribution is 2.25. The van der Waals surface area contributed by atoms with Gasteiger partial charge < -0.3 is 9.80 Å². The first kappa shape index (κ1) is 18.3. The molecule has 25 heavy (non-hydrogen) atoms. The minimum atomic E-state index is -3.66. The lowest BCUT2D eigenvalue weighted by Crippen LogP contribution is -2.51. The Morgan fingerprint density at radius 2 is 1.96 bits per heavy atom. The van der Waals surface area contributed by atoms with Crippen molar-refractivity contribution < 1.29 is 13.2 Å². The minimum Gasteiger partial charge on any atom is -0.353 e. The molecule has 0 saturated carbocycles. The van der Waals surface area contributed by atoms with E-state index in [4.69, 9.17) is 0 Å². The number of halogens is 1. The molecular formula is C15H17BrN4O3S2. The van der Waals surface area contributed by atoms with E-state index in [-0.39, 0.29) is 16.7 Å². The fraction of sp³-hybridized carbons (Fsp3) is 0.333. The number of nitrogens with zero attached hydrogens (tertiary/aromatic N) is 3. The molecule has 2 aromatic rings. The zero-order chi connectivity index (χ0) is 17.9. The Morgan fingerprint density at radius 1 is 1.20 bits per heavy atom. The van der Waals surface area contributed by atoms with Crippen LogP contribution in [0.25, 0.3) is 0 Å². The van der Waals surface area contributed by atoms with E-state index in [0.29, 0.717) is 26.2 Å². The second-order valence-electron chi connectivity index (χ2n) is 5.44. The maximum Gasteiger partial charge on any atom is 0.250 e. The van der Waals surface area contributed by atoms with Gasteiger partial charge in [0.25, 0.3) is 10.0 Å². The molecule has 134 valence electrons. The molecule has 3 heterocycles. The molecule has 2 aromatic heterocycles. The minimum absolute atomic E-state index is 0.187. The maximum absolute atomic E-state index is 12.3. The molecule has 7 nitrogen and oxygen atoms in total. The molecule has 0 atom stereocenters. The first-order valence-corrected chi connectivity index (χ1v) is 10.7. The van der Waals surface area contributed by atoms with E-state index in [0.717, 1.165) is 20.9 Å². The van der Waals surface area contributed by atoms with Gasteiger partial charge in [-0.3, -0.25) is 4.79 Å². The fourth-order valence-corrected chi connectivity index (χ4v) is 5.54. The molecule has 1 fully saturated rings. The number of anilines is 1. The third-order valence-corrected chi connectivity index (χ3v) is 7.35. The van der Waals surface area contributed by atoms with Gasteiger partial charge in [-0.15, -0.1) is 11.3 Å². The highest BCUT2D eigenvalue weighted by atomic mass is 79.9. The highest BCUT2D eigenvalue weighted by molar-refractivity contribution is 9.11. The Bertz CT molecular complexity index is 833. The summed E-state index contributed by atoms with van der Waals surface area (Å²) in [5.74, 6) is 0.665. The maximum atomic E-state index is 12.3. The Kier molecular flexibility index (Phi) is 5.72. The molecule has 0 unspecified atom stereocenters. The molecule has 1 amide bonds. The Balaban J connectivity index is 1.51. The number of carbonyl (C=O) groups is 1. The third-order valence-electron chi connectivity index (χ3n) is 3.83. The highest BCUT2D eigenvalue weighted by Gasteiger charge is 2.24. The predicted molar refractivity (Wildman–Crippen MR) is 100 cm³/mol. The summed E-state index contributed by atoms with van der Waals surface area (Å²) in [6.07, 6.45) is 1.74. The summed E-state index contributed by atoms with van der Waals surface area (Å²) in [5, 5.41) is 0. The largest absolute Gasteiger partial charge is 0.353 e. The zero-order valence-corrected chi connectivity index (χ0v) is 16.5. The van der Waals surface area contributed by atoms with Crippen molar-refractivity contribution in [2.75, 3.05) is 37.6 Å². The van der Waals surface area contributed by atoms with E-state index >= 15 is 0 Å². The lowest BCUT2D eigenvalue weighted by molar-refractivity contribution is -0.130. The van der Waals surface area contributed by atoms with Crippen LogP contribution in [0.15, 0.2) is 44.5 Å². The molecule has 1 aliphatic rings. The number of hydrogen-bond acceptors (Lipinski definition) is 6. The van der Waals surface area contributed by atoms with E-state index in [9.17, 15) is 13.2 Å². The van der Waals surface area contributed by atoms with E-state index < -0.39 is 10.0 Å². The van der Waals surface area contributed by atoms with Crippen molar-refractivity contribution >= 4 is 49.0 Å². The van der Waals surface area contributed by atoms with Gasteiger partial charge in [-0.1, -0.05) is 6.07 Å². The Hall–Kier alpha value is -1.49. The van der Waals surface area contributed by atoms with Crippen LogP contribution in [0.3, 0.4) is 0 Å². The monoisotopic (exact) mass is 444 g/mol. The number of piperazine rings is 1. The molecule has 1 aliphatic heterocycles. The molecular weight excluding hydrogens is 428 g/mol. The van der Waals surface area contributed by atoms with Gasteiger partial charge in [-0.25, -0.2) is 18.1 Å². The number of amides is 1. The van der Waals surface area contributed by atoms with Gasteiger partial charge in [0.1, 0.15) is 10.0 Å². The van der Waals surface area contributed by atoms with E-state index in [1.54, 1.807) is 17.2 Å². The Labute approximate surface area is 158 Å². The Morgan fingerprint density at radius 3 is 2.56 bits per heavy atom. The number of sulfonamides is 1. The fourth-order valence-electron chi connectivity index (χ4n) is 2.51. The van der Waals surface area contributed by atoms with Gasteiger partial charge in [0.15, 0.2) is 0 Å². The van der Waals surface area contributed by atoms with Crippen LogP contribution in [0, 0.1) is 0 Å². The van der Waals surface area contributed by atoms with E-state index in [1.807, 2.05) is 18.2 Å². The number of hydrogen-bond donors (Lipinski definition) is 1. The van der Waals surface area contributed by atoms with Crippen LogP contribution in [0.2, 0.25) is 0 Å². The first-order valence-electron chi connectivity index (χ1n) is 7.64. The molecule has 0 spiro atoms. The normalized spacial score (nSPS) is 15.4. The van der Waals surface area contributed by atoms with Gasteiger partial charge >= 0.3 is 0 Å². The quantitative estimate of drug-likeness (QED) is 0.755. The van der Waals surface area contributed by atoms with Crippen molar-refractivity contribution in [3.63, 3.8) is 0 Å². The van der Waals surface area contributed by atoms with E-state index in [2.05, 4.69) is 30.5 Å². The summed E-state index contributed by atoms with van der Waals surface area (Å²) in [5.41, 5.74) is 0. The number of carbonyl (C=O) groups excluding carboxylic acids is 1. The molecule has 0 aromatic carbocycles. The van der Waals surface area contributed by atoms with Crippen LogP contribution in [0.1, 0.15) is 0 Å². The van der Waals surface area contributed by atoms with Crippen molar-refractivity contribution in [3.05, 3.63) is 40.3 Å². The van der Waals surface area contributed by atoms with Crippen LogP contribution in [-0.4, -0.2) is 56.9 Å². The first-order chi connectivity index (χ1) is 12.0. The lowest BCUT2D eigenvalue weighted by Gasteiger charge is -2.35. The van der Waals surface area contributed by atoms with E-state index in [1.165, 1.54) is 6.07 Å². The van der Waals surface area contributed by atoms with Gasteiger partial charge in [0.2, 0.25) is 5.91 Å². The van der Waals surface area contributed by atoms with Gasteiger partial charge in [-0.2, -0.15) is 0 Å². The van der Waals surface area contributed by atoms with Crippen LogP contribution in [0.5, 0.6) is 0 Å². The van der Waals surface area contributed by atoms with Crippen molar-refractivity contribution in [1.82, 2.24) is 14.6 Å². The average Bonchev–Trinajstić information content (AvgIpc) is 3.08. The topological polar surface area (TPSA) is 82.6 Å². The number of rotatable bonds is 5. The summed E-state index contributed by atoms with van der Waals surface area (Å²) < 4.78 is 27.6. The number of pyridine rings is 1. The molecule has 3 rings (SSSR count). The van der Waals surface area contributed by atoms with Crippen LogP contribution in [0.4, 0.5) is 5.82 Å². The van der Waals surface area contributed by atoms with Crippen molar-refractivity contribution in [3.8, 4) is 0 Å². The predicted octanol–water partition coefficient (Wildman–Crippen LogP) is 1.53. The van der Waals surface area contributed by atoms with Crippen LogP contribution >= 0.6 is 27.3 Å². The summed E-state index contributed by atoms with van der Waals surface area (Å²) in [6, 6.07) is 8.90. The summed E-state index contributed by atoms with van der Waals surface area (Å²) in [7, 11) is -3.66. The molecule has 1 saturated heterocycles. The second kappa shape index (κ2) is 7.81. The number of thiophene rings is 1. The van der Waals surface area contributed by atoms with Gasteiger partial charge in [0.05, 0.1) is 10.3 Å². The summed E-state index contributed by atoms with van der Waals surface area (Å²) in [4.78, 5) is 20.4. The SMILES string of the molecule is O=C(CNS(=O)(=O)c1ccc(Br)s1)N1CCN(c2ccccn2)CC1. The molecule has 0 bridgehead atoms. The van der Waals surface area contributed by atoms with Crippen molar-refractivity contribution in [2.24, 2.45) is 0 Å². The summed E-state index contributed by atoms with van der Waals surface area (Å²) in [6.45, 7) is 2.20. The summed E-state index contributed by atoms with van der Waals surface area (Å²) >= 11 is 4.34. The number of aromatic nitrogens is 1. The lowest BCUT2D eigenvalue weighted by atomic mass is 10.3. The van der Waals surface area contributed by atoms with Gasteiger partial charge in [0, 0.05) is 32.4 Å².